The number of nitrogens with zero attached hydrogens (tertiary/aromatic N) is 4. The fourth-order valence-corrected chi connectivity index (χ4v) is 1.91. The van der Waals surface area contributed by atoms with Crippen LogP contribution in [0.2, 0.25) is 0 Å². The molecule has 0 aliphatic heterocycles. The highest BCUT2D eigenvalue weighted by molar-refractivity contribution is 5.46. The third-order valence-corrected chi connectivity index (χ3v) is 3.14. The van der Waals surface area contributed by atoms with Gasteiger partial charge in [-0.2, -0.15) is 10.2 Å². The molecule has 0 aliphatic rings. The molecule has 0 amide bonds. The van der Waals surface area contributed by atoms with Gasteiger partial charge in [-0.25, -0.2) is 0 Å². The molecule has 0 fully saturated rings. The summed E-state index contributed by atoms with van der Waals surface area (Å²) in [5, 5.41) is 8.86. The van der Waals surface area contributed by atoms with E-state index >= 15 is 0 Å². The van der Waals surface area contributed by atoms with Gasteiger partial charge in [0.15, 0.2) is 0 Å². The van der Waals surface area contributed by atoms with Crippen molar-refractivity contribution < 1.29 is 0 Å². The lowest BCUT2D eigenvalue weighted by atomic mass is 10.3. The Balaban J connectivity index is 2.31. The fourth-order valence-electron chi connectivity index (χ4n) is 1.91. The SMILES string of the molecule is CCc1cc(Cn2nc(C)c(N)c2C)n(C)n1. The molecule has 0 saturated heterocycles. The molecule has 2 N–H and O–H groups in total. The third-order valence-electron chi connectivity index (χ3n) is 3.14. The molecule has 0 unspecified atom stereocenters. The van der Waals surface area contributed by atoms with Crippen LogP contribution in [0.3, 0.4) is 0 Å². The summed E-state index contributed by atoms with van der Waals surface area (Å²) in [6, 6.07) is 2.12. The van der Waals surface area contributed by atoms with Crippen molar-refractivity contribution in [2.45, 2.75) is 33.7 Å². The standard InChI is InChI=1S/C12H19N5/c1-5-10-6-11(16(4)15-10)7-17-9(3)12(13)8(2)14-17/h6H,5,7,13H2,1-4H3. The van der Waals surface area contributed by atoms with E-state index in [0.29, 0.717) is 6.54 Å². The van der Waals surface area contributed by atoms with E-state index in [4.69, 9.17) is 5.73 Å². The van der Waals surface area contributed by atoms with Gasteiger partial charge in [0.2, 0.25) is 0 Å². The van der Waals surface area contributed by atoms with Gasteiger partial charge >= 0.3 is 0 Å². The van der Waals surface area contributed by atoms with E-state index in [0.717, 1.165) is 34.9 Å². The molecule has 0 atom stereocenters. The highest BCUT2D eigenvalue weighted by atomic mass is 15.3. The van der Waals surface area contributed by atoms with Crippen molar-refractivity contribution in [3.8, 4) is 0 Å². The molecule has 0 radical (unpaired) electrons. The Morgan fingerprint density at radius 3 is 2.47 bits per heavy atom. The molecule has 5 nitrogen and oxygen atoms in total. The summed E-state index contributed by atoms with van der Waals surface area (Å²) >= 11 is 0. The number of hydrogen-bond donors (Lipinski definition) is 1. The molecule has 0 bridgehead atoms. The van der Waals surface area contributed by atoms with Crippen molar-refractivity contribution in [2.75, 3.05) is 5.73 Å². The molecule has 0 aromatic carbocycles. The Hall–Kier alpha value is -1.78. The first kappa shape index (κ1) is 11.7. The van der Waals surface area contributed by atoms with E-state index in [1.807, 2.05) is 30.3 Å². The second-order valence-corrected chi connectivity index (χ2v) is 4.35. The van der Waals surface area contributed by atoms with E-state index in [9.17, 15) is 0 Å². The van der Waals surface area contributed by atoms with Crippen molar-refractivity contribution in [3.63, 3.8) is 0 Å². The van der Waals surface area contributed by atoms with Crippen LogP contribution in [0.4, 0.5) is 5.69 Å². The van der Waals surface area contributed by atoms with Gasteiger partial charge in [-0.15, -0.1) is 0 Å². The Kier molecular flexibility index (Phi) is 2.92. The molecule has 92 valence electrons. The highest BCUT2D eigenvalue weighted by Crippen LogP contribution is 2.16. The topological polar surface area (TPSA) is 61.7 Å². The maximum Gasteiger partial charge on any atom is 0.0832 e. The van der Waals surface area contributed by atoms with Crippen LogP contribution in [0, 0.1) is 13.8 Å². The summed E-state index contributed by atoms with van der Waals surface area (Å²) < 4.78 is 3.84. The molecular formula is C12H19N5. The van der Waals surface area contributed by atoms with Gasteiger partial charge in [-0.05, 0) is 26.3 Å². The maximum absolute atomic E-state index is 5.92. The van der Waals surface area contributed by atoms with E-state index in [2.05, 4.69) is 23.2 Å². The first-order valence-electron chi connectivity index (χ1n) is 5.84. The Morgan fingerprint density at radius 1 is 1.29 bits per heavy atom. The Labute approximate surface area is 101 Å². The van der Waals surface area contributed by atoms with E-state index < -0.39 is 0 Å². The van der Waals surface area contributed by atoms with Crippen molar-refractivity contribution in [3.05, 3.63) is 28.8 Å². The first-order chi connectivity index (χ1) is 8.02. The second kappa shape index (κ2) is 4.24. The summed E-state index contributed by atoms with van der Waals surface area (Å²) in [5.41, 5.74) is 10.9. The van der Waals surface area contributed by atoms with Gasteiger partial charge < -0.3 is 5.73 Å². The first-order valence-corrected chi connectivity index (χ1v) is 5.84. The van der Waals surface area contributed by atoms with Crippen molar-refractivity contribution in [1.29, 1.82) is 0 Å². The van der Waals surface area contributed by atoms with Crippen LogP contribution in [0.15, 0.2) is 6.07 Å². The van der Waals surface area contributed by atoms with E-state index in [-0.39, 0.29) is 0 Å². The summed E-state index contributed by atoms with van der Waals surface area (Å²) in [7, 11) is 1.96. The zero-order valence-electron chi connectivity index (χ0n) is 10.9. The van der Waals surface area contributed by atoms with Gasteiger partial charge in [-0.1, -0.05) is 6.92 Å². The lowest BCUT2D eigenvalue weighted by molar-refractivity contribution is 0.603. The predicted molar refractivity (Wildman–Crippen MR) is 67.8 cm³/mol. The molecular weight excluding hydrogens is 214 g/mol. The average Bonchev–Trinajstić information content (AvgIpc) is 2.77. The maximum atomic E-state index is 5.92. The van der Waals surface area contributed by atoms with Crippen LogP contribution in [0.25, 0.3) is 0 Å². The average molecular weight is 233 g/mol. The van der Waals surface area contributed by atoms with Crippen LogP contribution in [0.1, 0.15) is 29.7 Å². The largest absolute Gasteiger partial charge is 0.396 e. The van der Waals surface area contributed by atoms with Gasteiger partial charge in [0.05, 0.1) is 35.0 Å². The zero-order valence-corrected chi connectivity index (χ0v) is 10.9. The van der Waals surface area contributed by atoms with Crippen LogP contribution >= 0.6 is 0 Å². The Bertz CT molecular complexity index is 535. The second-order valence-electron chi connectivity index (χ2n) is 4.35. The number of hydrogen-bond acceptors (Lipinski definition) is 3. The molecule has 2 rings (SSSR count). The lowest BCUT2D eigenvalue weighted by Crippen LogP contribution is -2.08. The summed E-state index contributed by atoms with van der Waals surface area (Å²) in [6.45, 7) is 6.74. The van der Waals surface area contributed by atoms with Crippen LogP contribution in [0.5, 0.6) is 0 Å². The normalized spacial score (nSPS) is 11.1. The van der Waals surface area contributed by atoms with Crippen molar-refractivity contribution in [1.82, 2.24) is 19.6 Å². The highest BCUT2D eigenvalue weighted by Gasteiger charge is 2.11. The molecule has 0 spiro atoms. The molecule has 5 heteroatoms. The van der Waals surface area contributed by atoms with Crippen LogP contribution in [-0.2, 0) is 20.0 Å². The van der Waals surface area contributed by atoms with Crippen molar-refractivity contribution >= 4 is 5.69 Å². The monoisotopic (exact) mass is 233 g/mol. The summed E-state index contributed by atoms with van der Waals surface area (Å²) in [4.78, 5) is 0. The minimum absolute atomic E-state index is 0.716. The van der Waals surface area contributed by atoms with E-state index in [1.54, 1.807) is 0 Å². The summed E-state index contributed by atoms with van der Waals surface area (Å²) in [5.74, 6) is 0. The number of rotatable bonds is 3. The Morgan fingerprint density at radius 2 is 2.00 bits per heavy atom. The molecule has 2 heterocycles. The summed E-state index contributed by atoms with van der Waals surface area (Å²) in [6.07, 6.45) is 0.951. The number of aryl methyl sites for hydroxylation is 3. The molecule has 0 saturated carbocycles. The van der Waals surface area contributed by atoms with Crippen LogP contribution < -0.4 is 5.73 Å². The van der Waals surface area contributed by atoms with Crippen molar-refractivity contribution in [2.24, 2.45) is 7.05 Å². The van der Waals surface area contributed by atoms with Gasteiger partial charge in [0.1, 0.15) is 0 Å². The molecule has 0 aliphatic carbocycles. The van der Waals surface area contributed by atoms with Gasteiger partial charge in [0, 0.05) is 7.05 Å². The quantitative estimate of drug-likeness (QED) is 0.872. The fraction of sp³-hybridized carbons (Fsp3) is 0.500. The number of nitrogens with two attached hydrogens (primary N) is 1. The molecule has 2 aromatic rings. The van der Waals surface area contributed by atoms with Gasteiger partial charge in [0.25, 0.3) is 0 Å². The zero-order chi connectivity index (χ0) is 12.6. The number of anilines is 1. The number of aromatic nitrogens is 4. The predicted octanol–water partition coefficient (Wildman–Crippen LogP) is 1.43. The van der Waals surface area contributed by atoms with Crippen LogP contribution in [-0.4, -0.2) is 19.6 Å². The minimum atomic E-state index is 0.716. The number of nitrogen functional groups attached to an aromatic ring is 1. The lowest BCUT2D eigenvalue weighted by Gasteiger charge is -2.04. The third kappa shape index (κ3) is 2.05. The van der Waals surface area contributed by atoms with Gasteiger partial charge in [-0.3, -0.25) is 9.36 Å². The molecule has 2 aromatic heterocycles. The van der Waals surface area contributed by atoms with E-state index in [1.165, 1.54) is 0 Å². The smallest absolute Gasteiger partial charge is 0.0832 e. The minimum Gasteiger partial charge on any atom is -0.396 e. The molecule has 17 heavy (non-hydrogen) atoms.